The Bertz CT molecular complexity index is 338. The largest absolute Gasteiger partial charge is 0.465 e. The highest BCUT2D eigenvalue weighted by Gasteiger charge is 2.07. The minimum Gasteiger partial charge on any atom is -0.465 e. The number of esters is 1. The molecule has 0 saturated carbocycles. The van der Waals surface area contributed by atoms with Crippen molar-refractivity contribution in [3.05, 3.63) is 18.2 Å². The lowest BCUT2D eigenvalue weighted by molar-refractivity contribution is -0.143. The number of carbonyl (C=O) groups excluding carboxylic acids is 1. The summed E-state index contributed by atoms with van der Waals surface area (Å²) in [7, 11) is 1.66. The minimum absolute atomic E-state index is 0.204. The number of rotatable bonds is 8. The van der Waals surface area contributed by atoms with Gasteiger partial charge in [-0.3, -0.25) is 4.79 Å². The minimum atomic E-state index is -0.247. The van der Waals surface area contributed by atoms with Gasteiger partial charge in [-0.2, -0.15) is 0 Å². The van der Waals surface area contributed by atoms with Crippen LogP contribution in [-0.2, 0) is 27.4 Å². The molecule has 0 aliphatic carbocycles. The number of nitrogens with one attached hydrogen (secondary N) is 1. The highest BCUT2D eigenvalue weighted by molar-refractivity contribution is 5.69. The number of hydrogen-bond donors (Lipinski definition) is 1. The molecule has 0 aliphatic heterocycles. The summed E-state index contributed by atoms with van der Waals surface area (Å²) >= 11 is 0. The van der Waals surface area contributed by atoms with E-state index in [4.69, 9.17) is 9.47 Å². The van der Waals surface area contributed by atoms with Gasteiger partial charge >= 0.3 is 5.97 Å². The Hall–Kier alpha value is -1.40. The summed E-state index contributed by atoms with van der Waals surface area (Å²) in [5.74, 6) is 0.567. The van der Waals surface area contributed by atoms with Gasteiger partial charge in [-0.25, -0.2) is 4.98 Å². The van der Waals surface area contributed by atoms with Gasteiger partial charge in [-0.1, -0.05) is 0 Å². The first-order valence-electron chi connectivity index (χ1n) is 5.63. The first-order valence-corrected chi connectivity index (χ1v) is 5.63. The predicted molar refractivity (Wildman–Crippen MR) is 62.4 cm³/mol. The van der Waals surface area contributed by atoms with Gasteiger partial charge in [0.25, 0.3) is 0 Å². The third-order valence-corrected chi connectivity index (χ3v) is 2.17. The van der Waals surface area contributed by atoms with Crippen molar-refractivity contribution in [3.8, 4) is 0 Å². The van der Waals surface area contributed by atoms with E-state index in [1.807, 2.05) is 0 Å². The highest BCUT2D eigenvalue weighted by Crippen LogP contribution is 1.98. The average Bonchev–Trinajstić information content (AvgIpc) is 2.72. The van der Waals surface area contributed by atoms with Crippen molar-refractivity contribution in [2.24, 2.45) is 0 Å². The molecule has 0 amide bonds. The summed E-state index contributed by atoms with van der Waals surface area (Å²) < 4.78 is 11.6. The van der Waals surface area contributed by atoms with E-state index < -0.39 is 0 Å². The molecule has 1 aromatic rings. The van der Waals surface area contributed by atoms with Crippen LogP contribution >= 0.6 is 0 Å². The molecule has 6 heteroatoms. The molecule has 1 aromatic heterocycles. The Morgan fingerprint density at radius 1 is 1.59 bits per heavy atom. The quantitative estimate of drug-likeness (QED) is 0.519. The summed E-state index contributed by atoms with van der Waals surface area (Å²) in [4.78, 5) is 15.5. The zero-order valence-electron chi connectivity index (χ0n) is 10.3. The number of nitrogens with zero attached hydrogens (tertiary/aromatic N) is 2. The Kier molecular flexibility index (Phi) is 6.27. The fourth-order valence-corrected chi connectivity index (χ4v) is 1.37. The van der Waals surface area contributed by atoms with Crippen molar-refractivity contribution in [3.63, 3.8) is 0 Å². The second kappa shape index (κ2) is 7.81. The molecule has 0 radical (unpaired) electrons. The van der Waals surface area contributed by atoms with E-state index in [1.54, 1.807) is 31.0 Å². The Labute approximate surface area is 101 Å². The molecule has 1 rings (SSSR count). The first kappa shape index (κ1) is 13.7. The molecule has 1 N–H and O–H groups in total. The zero-order chi connectivity index (χ0) is 12.5. The van der Waals surface area contributed by atoms with Crippen LogP contribution in [0.25, 0.3) is 0 Å². The van der Waals surface area contributed by atoms with E-state index in [-0.39, 0.29) is 12.5 Å². The molecule has 0 unspecified atom stereocenters. The second-order valence-electron chi connectivity index (χ2n) is 3.45. The lowest BCUT2D eigenvalue weighted by Gasteiger charge is -2.08. The van der Waals surface area contributed by atoms with Crippen LogP contribution in [0.15, 0.2) is 12.4 Å². The van der Waals surface area contributed by atoms with Crippen LogP contribution in [0.4, 0.5) is 0 Å². The molecule has 0 aliphatic rings. The number of aromatic nitrogens is 2. The molecule has 0 bridgehead atoms. The number of methoxy groups -OCH3 is 1. The SMILES string of the molecule is CCOC(=O)Cn1ccnc1CNCCOC. The summed E-state index contributed by atoms with van der Waals surface area (Å²) in [6.07, 6.45) is 3.44. The maximum atomic E-state index is 11.3. The number of imidazole rings is 1. The molecule has 0 atom stereocenters. The topological polar surface area (TPSA) is 65.4 Å². The summed E-state index contributed by atoms with van der Waals surface area (Å²) in [5, 5.41) is 3.17. The highest BCUT2D eigenvalue weighted by atomic mass is 16.5. The van der Waals surface area contributed by atoms with Crippen molar-refractivity contribution in [2.75, 3.05) is 26.9 Å². The van der Waals surface area contributed by atoms with E-state index in [9.17, 15) is 4.79 Å². The molecule has 17 heavy (non-hydrogen) atoms. The van der Waals surface area contributed by atoms with Crippen molar-refractivity contribution < 1.29 is 14.3 Å². The molecular weight excluding hydrogens is 222 g/mol. The molecule has 96 valence electrons. The lowest BCUT2D eigenvalue weighted by Crippen LogP contribution is -2.22. The smallest absolute Gasteiger partial charge is 0.325 e. The van der Waals surface area contributed by atoms with Crippen LogP contribution in [0.5, 0.6) is 0 Å². The predicted octanol–water partition coefficient (Wildman–Crippen LogP) is 0.182. The molecule has 0 saturated heterocycles. The fraction of sp³-hybridized carbons (Fsp3) is 0.636. The van der Waals surface area contributed by atoms with Crippen molar-refractivity contribution in [1.29, 1.82) is 0 Å². The third kappa shape index (κ3) is 4.97. The van der Waals surface area contributed by atoms with E-state index in [0.29, 0.717) is 19.8 Å². The third-order valence-electron chi connectivity index (χ3n) is 2.17. The van der Waals surface area contributed by atoms with Gasteiger partial charge in [0.2, 0.25) is 0 Å². The first-order chi connectivity index (χ1) is 8.27. The second-order valence-corrected chi connectivity index (χ2v) is 3.45. The van der Waals surface area contributed by atoms with Crippen LogP contribution in [0.2, 0.25) is 0 Å². The Morgan fingerprint density at radius 3 is 3.12 bits per heavy atom. The van der Waals surface area contributed by atoms with Gasteiger partial charge in [-0.15, -0.1) is 0 Å². The molecule has 1 heterocycles. The van der Waals surface area contributed by atoms with Gasteiger partial charge in [-0.05, 0) is 6.92 Å². The summed E-state index contributed by atoms with van der Waals surface area (Å²) in [6, 6.07) is 0. The van der Waals surface area contributed by atoms with Crippen molar-refractivity contribution in [1.82, 2.24) is 14.9 Å². The van der Waals surface area contributed by atoms with Gasteiger partial charge in [0.15, 0.2) is 0 Å². The number of hydrogen-bond acceptors (Lipinski definition) is 5. The van der Waals surface area contributed by atoms with Crippen molar-refractivity contribution >= 4 is 5.97 Å². The lowest BCUT2D eigenvalue weighted by atomic mass is 10.5. The monoisotopic (exact) mass is 241 g/mol. The molecule has 6 nitrogen and oxygen atoms in total. The maximum absolute atomic E-state index is 11.3. The zero-order valence-corrected chi connectivity index (χ0v) is 10.3. The normalized spacial score (nSPS) is 10.5. The Balaban J connectivity index is 2.39. The van der Waals surface area contributed by atoms with E-state index >= 15 is 0 Å². The van der Waals surface area contributed by atoms with E-state index in [1.165, 1.54) is 0 Å². The van der Waals surface area contributed by atoms with Gasteiger partial charge in [0.1, 0.15) is 12.4 Å². The molecule has 0 fully saturated rings. The van der Waals surface area contributed by atoms with Crippen molar-refractivity contribution in [2.45, 2.75) is 20.0 Å². The molecule has 0 spiro atoms. The van der Waals surface area contributed by atoms with Crippen LogP contribution in [0.1, 0.15) is 12.7 Å². The van der Waals surface area contributed by atoms with Crippen LogP contribution < -0.4 is 5.32 Å². The maximum Gasteiger partial charge on any atom is 0.325 e. The molecular formula is C11H19N3O3. The van der Waals surface area contributed by atoms with Crippen LogP contribution in [0.3, 0.4) is 0 Å². The number of ether oxygens (including phenoxy) is 2. The average molecular weight is 241 g/mol. The number of carbonyl (C=O) groups is 1. The van der Waals surface area contributed by atoms with E-state index in [2.05, 4.69) is 10.3 Å². The Morgan fingerprint density at radius 2 is 2.41 bits per heavy atom. The van der Waals surface area contributed by atoms with Crippen LogP contribution in [0, 0.1) is 0 Å². The van der Waals surface area contributed by atoms with E-state index in [0.717, 1.165) is 12.4 Å². The van der Waals surface area contributed by atoms with Gasteiger partial charge in [0.05, 0.1) is 19.8 Å². The summed E-state index contributed by atoms with van der Waals surface area (Å²) in [6.45, 7) is 4.40. The summed E-state index contributed by atoms with van der Waals surface area (Å²) in [5.41, 5.74) is 0. The van der Waals surface area contributed by atoms with Gasteiger partial charge < -0.3 is 19.4 Å². The molecule has 0 aromatic carbocycles. The fourth-order valence-electron chi connectivity index (χ4n) is 1.37. The van der Waals surface area contributed by atoms with Crippen LogP contribution in [-0.4, -0.2) is 42.4 Å². The standard InChI is InChI=1S/C11H19N3O3/c1-3-17-11(15)9-14-6-4-13-10(14)8-12-5-7-16-2/h4,6,12H,3,5,7-9H2,1-2H3. The van der Waals surface area contributed by atoms with Gasteiger partial charge in [0, 0.05) is 26.0 Å².